The van der Waals surface area contributed by atoms with Crippen LogP contribution in [0.25, 0.3) is 0 Å². The molecule has 0 fully saturated rings. The van der Waals surface area contributed by atoms with Crippen molar-refractivity contribution in [3.05, 3.63) is 82.3 Å². The van der Waals surface area contributed by atoms with Crippen molar-refractivity contribution in [2.45, 2.75) is 25.3 Å². The zero-order chi connectivity index (χ0) is 23.3. The number of hydrogen-bond acceptors (Lipinski definition) is 6. The Balaban J connectivity index is 1.66. The van der Waals surface area contributed by atoms with Crippen LogP contribution in [-0.4, -0.2) is 26.9 Å². The lowest BCUT2D eigenvalue weighted by atomic mass is 10.1. The Hall–Kier alpha value is -3.14. The van der Waals surface area contributed by atoms with Crippen LogP contribution in [0.15, 0.2) is 64.1 Å². The monoisotopic (exact) mass is 476 g/mol. The number of hydrogen-bond donors (Lipinski definition) is 2. The first-order valence-electron chi connectivity index (χ1n) is 9.52. The zero-order valence-corrected chi connectivity index (χ0v) is 18.9. The molecule has 0 unspecified atom stereocenters. The fourth-order valence-corrected chi connectivity index (χ4v) is 3.98. The van der Waals surface area contributed by atoms with Crippen LogP contribution in [0.3, 0.4) is 0 Å². The molecule has 0 saturated carbocycles. The Labute approximate surface area is 190 Å². The van der Waals surface area contributed by atoms with Gasteiger partial charge >= 0.3 is 5.97 Å². The van der Waals surface area contributed by atoms with Gasteiger partial charge in [0, 0.05) is 10.7 Å². The molecule has 0 bridgehead atoms. The van der Waals surface area contributed by atoms with Gasteiger partial charge in [0.2, 0.25) is 10.0 Å². The van der Waals surface area contributed by atoms with Crippen molar-refractivity contribution >= 4 is 39.2 Å². The fourth-order valence-electron chi connectivity index (χ4n) is 2.79. The summed E-state index contributed by atoms with van der Waals surface area (Å²) >= 11 is 6.03. The van der Waals surface area contributed by atoms with Gasteiger partial charge in [0.1, 0.15) is 5.76 Å². The maximum Gasteiger partial charge on any atom is 0.338 e. The molecule has 3 rings (SSSR count). The van der Waals surface area contributed by atoms with Gasteiger partial charge in [0.15, 0.2) is 6.61 Å². The number of anilines is 1. The van der Waals surface area contributed by atoms with Gasteiger partial charge < -0.3 is 14.5 Å². The SMILES string of the molecule is Cc1ccc(S(=O)(=O)NCc2ccco2)cc1C(=O)OCC(=O)Nc1cccc(Cl)c1C. The molecular formula is C22H21ClN2O6S. The van der Waals surface area contributed by atoms with Gasteiger partial charge in [-0.15, -0.1) is 0 Å². The van der Waals surface area contributed by atoms with E-state index in [-0.39, 0.29) is 17.0 Å². The van der Waals surface area contributed by atoms with E-state index in [1.807, 2.05) is 0 Å². The van der Waals surface area contributed by atoms with Gasteiger partial charge in [-0.05, 0) is 61.4 Å². The van der Waals surface area contributed by atoms with E-state index in [9.17, 15) is 18.0 Å². The molecule has 0 saturated heterocycles. The highest BCUT2D eigenvalue weighted by Gasteiger charge is 2.20. The molecule has 1 amide bonds. The van der Waals surface area contributed by atoms with Gasteiger partial charge in [-0.1, -0.05) is 23.7 Å². The molecule has 0 aliphatic rings. The Kier molecular flexibility index (Phi) is 7.34. The quantitative estimate of drug-likeness (QED) is 0.477. The molecule has 0 aliphatic heterocycles. The molecular weight excluding hydrogens is 456 g/mol. The minimum atomic E-state index is -3.90. The highest BCUT2D eigenvalue weighted by atomic mass is 35.5. The molecule has 0 spiro atoms. The topological polar surface area (TPSA) is 115 Å². The van der Waals surface area contributed by atoms with E-state index in [0.29, 0.717) is 27.6 Å². The van der Waals surface area contributed by atoms with Crippen LogP contribution < -0.4 is 10.0 Å². The molecule has 0 aliphatic carbocycles. The molecule has 3 aromatic rings. The van der Waals surface area contributed by atoms with Gasteiger partial charge in [0.05, 0.1) is 23.3 Å². The standard InChI is InChI=1S/C22H21ClN2O6S/c1-14-8-9-17(32(28,29)24-12-16-5-4-10-30-16)11-18(14)22(27)31-13-21(26)25-20-7-3-6-19(23)15(20)2/h3-11,24H,12-13H2,1-2H3,(H,25,26). The van der Waals surface area contributed by atoms with Crippen molar-refractivity contribution in [2.24, 2.45) is 0 Å². The molecule has 1 heterocycles. The highest BCUT2D eigenvalue weighted by Crippen LogP contribution is 2.23. The first kappa shape index (κ1) is 23.5. The number of carbonyl (C=O) groups is 2. The fraction of sp³-hybridized carbons (Fsp3) is 0.182. The van der Waals surface area contributed by atoms with Crippen LogP contribution in [0, 0.1) is 13.8 Å². The van der Waals surface area contributed by atoms with Crippen molar-refractivity contribution < 1.29 is 27.2 Å². The molecule has 2 N–H and O–H groups in total. The number of ether oxygens (including phenoxy) is 1. The molecule has 2 aromatic carbocycles. The average molecular weight is 477 g/mol. The van der Waals surface area contributed by atoms with Crippen LogP contribution in [0.1, 0.15) is 27.2 Å². The van der Waals surface area contributed by atoms with Crippen LogP contribution in [0.2, 0.25) is 5.02 Å². The van der Waals surface area contributed by atoms with Gasteiger partial charge in [-0.2, -0.15) is 0 Å². The van der Waals surface area contributed by atoms with Crippen LogP contribution in [0.4, 0.5) is 5.69 Å². The maximum atomic E-state index is 12.6. The Morgan fingerprint density at radius 1 is 1.09 bits per heavy atom. The normalized spacial score (nSPS) is 11.2. The van der Waals surface area contributed by atoms with Crippen LogP contribution in [0.5, 0.6) is 0 Å². The predicted octanol–water partition coefficient (Wildman–Crippen LogP) is 3.82. The van der Waals surface area contributed by atoms with Crippen molar-refractivity contribution in [2.75, 3.05) is 11.9 Å². The van der Waals surface area contributed by atoms with E-state index in [1.165, 1.54) is 24.5 Å². The first-order valence-corrected chi connectivity index (χ1v) is 11.4. The summed E-state index contributed by atoms with van der Waals surface area (Å²) < 4.78 is 37.7. The number of furan rings is 1. The van der Waals surface area contributed by atoms with Crippen molar-refractivity contribution in [1.82, 2.24) is 4.72 Å². The summed E-state index contributed by atoms with van der Waals surface area (Å²) in [5, 5.41) is 3.12. The number of carbonyl (C=O) groups excluding carboxylic acids is 2. The van der Waals surface area contributed by atoms with Crippen molar-refractivity contribution in [1.29, 1.82) is 0 Å². The van der Waals surface area contributed by atoms with E-state index in [2.05, 4.69) is 10.0 Å². The second kappa shape index (κ2) is 9.99. The number of sulfonamides is 1. The number of halogens is 1. The van der Waals surface area contributed by atoms with E-state index in [4.69, 9.17) is 20.8 Å². The number of nitrogens with one attached hydrogen (secondary N) is 2. The smallest absolute Gasteiger partial charge is 0.338 e. The van der Waals surface area contributed by atoms with Crippen molar-refractivity contribution in [3.8, 4) is 0 Å². The third kappa shape index (κ3) is 5.76. The summed E-state index contributed by atoms with van der Waals surface area (Å²) in [5.41, 5.74) is 1.73. The minimum absolute atomic E-state index is 0.0356. The summed E-state index contributed by atoms with van der Waals surface area (Å²) in [7, 11) is -3.90. The van der Waals surface area contributed by atoms with Crippen LogP contribution >= 0.6 is 11.6 Å². The number of aryl methyl sites for hydroxylation is 1. The summed E-state index contributed by atoms with van der Waals surface area (Å²) in [6.07, 6.45) is 1.44. The summed E-state index contributed by atoms with van der Waals surface area (Å²) in [6, 6.07) is 12.4. The molecule has 168 valence electrons. The summed E-state index contributed by atoms with van der Waals surface area (Å²) in [6.45, 7) is 2.81. The molecule has 8 nitrogen and oxygen atoms in total. The molecule has 1 aromatic heterocycles. The molecule has 0 radical (unpaired) electrons. The number of amides is 1. The third-order valence-electron chi connectivity index (χ3n) is 4.63. The van der Waals surface area contributed by atoms with E-state index < -0.39 is 28.5 Å². The molecule has 32 heavy (non-hydrogen) atoms. The van der Waals surface area contributed by atoms with Gasteiger partial charge in [-0.25, -0.2) is 17.9 Å². The Morgan fingerprint density at radius 3 is 2.59 bits per heavy atom. The second-order valence-corrected chi connectivity index (χ2v) is 9.09. The molecule has 0 atom stereocenters. The summed E-state index contributed by atoms with van der Waals surface area (Å²) in [5.74, 6) is -0.921. The summed E-state index contributed by atoms with van der Waals surface area (Å²) in [4.78, 5) is 24.6. The second-order valence-electron chi connectivity index (χ2n) is 6.92. The van der Waals surface area contributed by atoms with Gasteiger partial charge in [0.25, 0.3) is 5.91 Å². The Morgan fingerprint density at radius 2 is 1.88 bits per heavy atom. The van der Waals surface area contributed by atoms with Gasteiger partial charge in [-0.3, -0.25) is 4.79 Å². The predicted molar refractivity (Wildman–Crippen MR) is 119 cm³/mol. The maximum absolute atomic E-state index is 12.6. The zero-order valence-electron chi connectivity index (χ0n) is 17.3. The third-order valence-corrected chi connectivity index (χ3v) is 6.44. The lowest BCUT2D eigenvalue weighted by molar-refractivity contribution is -0.119. The Bertz CT molecular complexity index is 1240. The van der Waals surface area contributed by atoms with Crippen LogP contribution in [-0.2, 0) is 26.1 Å². The molecule has 10 heteroatoms. The van der Waals surface area contributed by atoms with E-state index >= 15 is 0 Å². The van der Waals surface area contributed by atoms with Crippen molar-refractivity contribution in [3.63, 3.8) is 0 Å². The minimum Gasteiger partial charge on any atom is -0.468 e. The average Bonchev–Trinajstić information content (AvgIpc) is 3.28. The largest absolute Gasteiger partial charge is 0.468 e. The number of esters is 1. The highest BCUT2D eigenvalue weighted by molar-refractivity contribution is 7.89. The first-order chi connectivity index (χ1) is 15.2. The number of rotatable bonds is 8. The lowest BCUT2D eigenvalue weighted by Gasteiger charge is -2.12. The van der Waals surface area contributed by atoms with E-state index in [0.717, 1.165) is 0 Å². The number of benzene rings is 2. The van der Waals surface area contributed by atoms with E-state index in [1.54, 1.807) is 44.2 Å². The lowest BCUT2D eigenvalue weighted by Crippen LogP contribution is -2.24.